The molecule has 0 saturated carbocycles. The average Bonchev–Trinajstić information content (AvgIpc) is 3.74. The predicted molar refractivity (Wildman–Crippen MR) is 195 cm³/mol. The Labute approximate surface area is 264 Å². The molecule has 10 aromatic rings. The van der Waals surface area contributed by atoms with E-state index in [1.165, 1.54) is 66.6 Å². The number of benzene rings is 6. The first-order chi connectivity index (χ1) is 21.8. The molecule has 0 spiro atoms. The van der Waals surface area contributed by atoms with Crippen LogP contribution >= 0.6 is 34.0 Å². The van der Waals surface area contributed by atoms with E-state index in [4.69, 9.17) is 4.98 Å². The van der Waals surface area contributed by atoms with Crippen LogP contribution in [-0.4, -0.2) is 4.98 Å². The van der Waals surface area contributed by atoms with Crippen molar-refractivity contribution in [2.75, 3.05) is 4.90 Å². The summed E-state index contributed by atoms with van der Waals surface area (Å²) >= 11 is 5.48. The molecule has 0 aliphatic carbocycles. The van der Waals surface area contributed by atoms with Gasteiger partial charge in [-0.25, -0.2) is 4.98 Å². The van der Waals surface area contributed by atoms with Crippen LogP contribution in [0.15, 0.2) is 133 Å². The van der Waals surface area contributed by atoms with E-state index in [1.54, 1.807) is 11.3 Å². The molecule has 0 unspecified atom stereocenters. The second-order valence-corrected chi connectivity index (χ2v) is 14.4. The van der Waals surface area contributed by atoms with Crippen LogP contribution in [0.5, 0.6) is 0 Å². The lowest BCUT2D eigenvalue weighted by Crippen LogP contribution is -2.11. The fourth-order valence-corrected chi connectivity index (χ4v) is 9.85. The van der Waals surface area contributed by atoms with Gasteiger partial charge in [-0.3, -0.25) is 4.90 Å². The molecule has 0 N–H and O–H groups in total. The maximum absolute atomic E-state index is 5.37. The van der Waals surface area contributed by atoms with Gasteiger partial charge in [0.2, 0.25) is 0 Å². The van der Waals surface area contributed by atoms with Crippen LogP contribution in [0, 0.1) is 0 Å². The minimum absolute atomic E-state index is 0.923. The Balaban J connectivity index is 1.22. The molecule has 0 bridgehead atoms. The average molecular weight is 615 g/mol. The van der Waals surface area contributed by atoms with Gasteiger partial charge in [0.15, 0.2) is 0 Å². The van der Waals surface area contributed by atoms with Gasteiger partial charge in [-0.15, -0.1) is 34.0 Å². The van der Waals surface area contributed by atoms with Gasteiger partial charge < -0.3 is 0 Å². The first kappa shape index (κ1) is 24.6. The highest BCUT2D eigenvalue weighted by Gasteiger charge is 2.19. The lowest BCUT2D eigenvalue weighted by atomic mass is 10.1. The van der Waals surface area contributed by atoms with Crippen molar-refractivity contribution in [3.8, 4) is 0 Å². The lowest BCUT2D eigenvalue weighted by molar-refractivity contribution is 1.22. The molecule has 2 nitrogen and oxygen atoms in total. The SMILES string of the molecule is c1ccc2cc3c(cc2c1)sc1nc(N(c2ccc4sc5ccccc5c4c2)c2ccc4sc5ccccc5c4c2)ccc13. The van der Waals surface area contributed by atoms with Crippen LogP contribution < -0.4 is 4.90 Å². The summed E-state index contributed by atoms with van der Waals surface area (Å²) in [6, 6.07) is 48.8. The first-order valence-electron chi connectivity index (χ1n) is 14.6. The smallest absolute Gasteiger partial charge is 0.139 e. The van der Waals surface area contributed by atoms with Crippen LogP contribution in [0.25, 0.3) is 71.4 Å². The van der Waals surface area contributed by atoms with Crippen LogP contribution in [0.3, 0.4) is 0 Å². The molecule has 6 aromatic carbocycles. The molecule has 10 rings (SSSR count). The third-order valence-corrected chi connectivity index (χ3v) is 12.0. The molecule has 0 aliphatic rings. The molecule has 44 heavy (non-hydrogen) atoms. The molecular formula is C39H22N2S3. The predicted octanol–water partition coefficient (Wildman–Crippen LogP) is 12.8. The van der Waals surface area contributed by atoms with Crippen molar-refractivity contribution in [2.45, 2.75) is 0 Å². The Bertz CT molecular complexity index is 2630. The van der Waals surface area contributed by atoms with Gasteiger partial charge >= 0.3 is 0 Å². The molecule has 206 valence electrons. The van der Waals surface area contributed by atoms with Gasteiger partial charge in [-0.05, 0) is 83.6 Å². The summed E-state index contributed by atoms with van der Waals surface area (Å²) in [4.78, 5) is 8.75. The van der Waals surface area contributed by atoms with E-state index in [0.29, 0.717) is 0 Å². The fraction of sp³-hybridized carbons (Fsp3) is 0. The molecule has 0 saturated heterocycles. The van der Waals surface area contributed by atoms with Crippen molar-refractivity contribution in [2.24, 2.45) is 0 Å². The summed E-state index contributed by atoms with van der Waals surface area (Å²) in [5.74, 6) is 0.923. The van der Waals surface area contributed by atoms with E-state index in [2.05, 4.69) is 138 Å². The van der Waals surface area contributed by atoms with Gasteiger partial charge in [0.1, 0.15) is 10.6 Å². The Morgan fingerprint density at radius 2 is 0.932 bits per heavy atom. The van der Waals surface area contributed by atoms with Crippen LogP contribution in [-0.2, 0) is 0 Å². The van der Waals surface area contributed by atoms with E-state index in [9.17, 15) is 0 Å². The fourth-order valence-electron chi connectivity index (χ4n) is 6.58. The van der Waals surface area contributed by atoms with Crippen LogP contribution in [0.4, 0.5) is 17.2 Å². The normalized spacial score (nSPS) is 12.1. The second-order valence-electron chi connectivity index (χ2n) is 11.2. The van der Waals surface area contributed by atoms with Gasteiger partial charge in [0.05, 0.1) is 0 Å². The summed E-state index contributed by atoms with van der Waals surface area (Å²) in [6.07, 6.45) is 0. The molecular weight excluding hydrogens is 593 g/mol. The zero-order valence-corrected chi connectivity index (χ0v) is 25.8. The van der Waals surface area contributed by atoms with E-state index < -0.39 is 0 Å². The number of rotatable bonds is 3. The molecule has 0 radical (unpaired) electrons. The summed E-state index contributed by atoms with van der Waals surface area (Å²) in [6.45, 7) is 0. The lowest BCUT2D eigenvalue weighted by Gasteiger charge is -2.24. The van der Waals surface area contributed by atoms with E-state index in [-0.39, 0.29) is 0 Å². The quantitative estimate of drug-likeness (QED) is 0.197. The van der Waals surface area contributed by atoms with Gasteiger partial charge in [0.25, 0.3) is 0 Å². The van der Waals surface area contributed by atoms with Crippen molar-refractivity contribution < 1.29 is 0 Å². The highest BCUT2D eigenvalue weighted by atomic mass is 32.1. The van der Waals surface area contributed by atoms with Gasteiger partial charge in [0, 0.05) is 67.2 Å². The highest BCUT2D eigenvalue weighted by Crippen LogP contribution is 2.44. The summed E-state index contributed by atoms with van der Waals surface area (Å²) in [5, 5.41) is 10.2. The molecule has 0 amide bonds. The number of pyridine rings is 1. The molecule has 0 aliphatic heterocycles. The van der Waals surface area contributed by atoms with Crippen LogP contribution in [0.1, 0.15) is 0 Å². The summed E-state index contributed by atoms with van der Waals surface area (Å²) in [7, 11) is 0. The highest BCUT2D eigenvalue weighted by molar-refractivity contribution is 7.26. The Hall–Kier alpha value is -4.81. The third kappa shape index (κ3) is 3.67. The number of hydrogen-bond acceptors (Lipinski definition) is 5. The van der Waals surface area contributed by atoms with Crippen molar-refractivity contribution in [1.29, 1.82) is 0 Å². The van der Waals surface area contributed by atoms with Gasteiger partial charge in [-0.2, -0.15) is 0 Å². The van der Waals surface area contributed by atoms with Crippen molar-refractivity contribution >= 4 is 123 Å². The minimum Gasteiger partial charge on any atom is -0.295 e. The Morgan fingerprint density at radius 3 is 1.59 bits per heavy atom. The Morgan fingerprint density at radius 1 is 0.386 bits per heavy atom. The standard InChI is InChI=1S/C39H22N2S3/c1-2-8-24-20-37-30(19-23(24)7-1)29-15-18-38(40-39(29)44-37)41(25-13-16-35-31(21-25)27-9-3-5-11-33(27)42-35)26-14-17-36-32(22-26)28-10-4-6-12-34(28)43-36/h1-22H. The number of fused-ring (bicyclic) bond motifs is 10. The molecule has 0 fully saturated rings. The number of thiophene rings is 3. The topological polar surface area (TPSA) is 16.1 Å². The van der Waals surface area contributed by atoms with Crippen molar-refractivity contribution in [1.82, 2.24) is 4.98 Å². The zero-order valence-electron chi connectivity index (χ0n) is 23.3. The first-order valence-corrected chi connectivity index (χ1v) is 17.1. The molecule has 4 aromatic heterocycles. The molecule has 0 atom stereocenters. The number of aromatic nitrogens is 1. The monoisotopic (exact) mass is 614 g/mol. The van der Waals surface area contributed by atoms with E-state index in [1.807, 2.05) is 22.7 Å². The van der Waals surface area contributed by atoms with Crippen LogP contribution in [0.2, 0.25) is 0 Å². The van der Waals surface area contributed by atoms with Gasteiger partial charge in [-0.1, -0.05) is 60.7 Å². The van der Waals surface area contributed by atoms with E-state index in [0.717, 1.165) is 22.0 Å². The maximum atomic E-state index is 5.37. The molecule has 5 heteroatoms. The number of nitrogens with zero attached hydrogens (tertiary/aromatic N) is 2. The third-order valence-electron chi connectivity index (χ3n) is 8.66. The summed E-state index contributed by atoms with van der Waals surface area (Å²) < 4.78 is 6.50. The van der Waals surface area contributed by atoms with E-state index >= 15 is 0 Å². The van der Waals surface area contributed by atoms with Crippen molar-refractivity contribution in [3.05, 3.63) is 133 Å². The summed E-state index contributed by atoms with van der Waals surface area (Å²) in [5.41, 5.74) is 2.22. The molecule has 4 heterocycles. The minimum atomic E-state index is 0.923. The maximum Gasteiger partial charge on any atom is 0.139 e. The number of anilines is 3. The number of hydrogen-bond donors (Lipinski definition) is 0. The van der Waals surface area contributed by atoms with Crippen molar-refractivity contribution in [3.63, 3.8) is 0 Å². The zero-order chi connectivity index (χ0) is 28.8. The second kappa shape index (κ2) is 9.34. The Kier molecular flexibility index (Phi) is 5.23. The largest absolute Gasteiger partial charge is 0.295 e.